The fourth-order valence-corrected chi connectivity index (χ4v) is 3.13. The molecule has 0 unspecified atom stereocenters. The summed E-state index contributed by atoms with van der Waals surface area (Å²) < 4.78 is 23.8. The molecule has 1 aromatic rings. The summed E-state index contributed by atoms with van der Waals surface area (Å²) >= 11 is 3.29. The van der Waals surface area contributed by atoms with E-state index in [0.717, 1.165) is 10.7 Å². The molecule has 0 fully saturated rings. The van der Waals surface area contributed by atoms with Crippen molar-refractivity contribution in [1.82, 2.24) is 0 Å². The molecule has 0 aromatic heterocycles. The van der Waals surface area contributed by atoms with Gasteiger partial charge in [0, 0.05) is 10.7 Å². The molecule has 0 amide bonds. The van der Waals surface area contributed by atoms with Crippen LogP contribution in [0.2, 0.25) is 0 Å². The molecule has 0 saturated heterocycles. The van der Waals surface area contributed by atoms with E-state index in [1.54, 1.807) is 31.2 Å². The first-order chi connectivity index (χ1) is 7.36. The molecular formula is C11H15BrO3S. The van der Waals surface area contributed by atoms with Crippen LogP contribution in [-0.2, 0) is 9.84 Å². The Kier molecular flexibility index (Phi) is 4.52. The molecule has 5 heteroatoms. The van der Waals surface area contributed by atoms with Gasteiger partial charge in [-0.3, -0.25) is 0 Å². The first-order valence-corrected chi connectivity index (χ1v) is 7.73. The minimum Gasteiger partial charge on any atom is -0.387 e. The maximum absolute atomic E-state index is 11.5. The first-order valence-electron chi connectivity index (χ1n) is 4.98. The Morgan fingerprint density at radius 3 is 2.19 bits per heavy atom. The number of hydrogen-bond donors (Lipinski definition) is 1. The predicted octanol–water partition coefficient (Wildman–Crippen LogP) is 2.31. The smallest absolute Gasteiger partial charge is 0.153 e. The van der Waals surface area contributed by atoms with E-state index in [4.69, 9.17) is 0 Å². The van der Waals surface area contributed by atoms with Crippen molar-refractivity contribution in [3.05, 3.63) is 34.3 Å². The number of benzene rings is 1. The Labute approximate surface area is 105 Å². The lowest BCUT2D eigenvalue weighted by atomic mass is 10.1. The van der Waals surface area contributed by atoms with Gasteiger partial charge in [-0.05, 0) is 24.1 Å². The Morgan fingerprint density at radius 1 is 1.31 bits per heavy atom. The maximum atomic E-state index is 11.5. The lowest BCUT2D eigenvalue weighted by molar-refractivity contribution is 0.169. The average molecular weight is 307 g/mol. The molecule has 0 bridgehead atoms. The normalized spacial score (nSPS) is 15.8. The molecule has 1 aromatic carbocycles. The van der Waals surface area contributed by atoms with Gasteiger partial charge < -0.3 is 5.11 Å². The number of sulfone groups is 1. The Balaban J connectivity index is 3.00. The van der Waals surface area contributed by atoms with Crippen molar-refractivity contribution < 1.29 is 13.5 Å². The summed E-state index contributed by atoms with van der Waals surface area (Å²) in [5, 5.41) is 9.27. The highest BCUT2D eigenvalue weighted by atomic mass is 79.9. The van der Waals surface area contributed by atoms with Gasteiger partial charge in [0.25, 0.3) is 0 Å². The van der Waals surface area contributed by atoms with Crippen LogP contribution in [0.4, 0.5) is 0 Å². The highest BCUT2D eigenvalue weighted by molar-refractivity contribution is 9.10. The summed E-state index contributed by atoms with van der Waals surface area (Å²) in [6.45, 7) is 1.76. The molecule has 16 heavy (non-hydrogen) atoms. The number of rotatable bonds is 4. The monoisotopic (exact) mass is 306 g/mol. The quantitative estimate of drug-likeness (QED) is 0.928. The molecule has 0 aliphatic rings. The first kappa shape index (κ1) is 13.7. The summed E-state index contributed by atoms with van der Waals surface area (Å²) in [7, 11) is -3.23. The second-order valence-corrected chi connectivity index (χ2v) is 6.95. The van der Waals surface area contributed by atoms with Crippen molar-refractivity contribution in [1.29, 1.82) is 0 Å². The van der Waals surface area contributed by atoms with Crippen LogP contribution in [0.3, 0.4) is 0 Å². The van der Waals surface area contributed by atoms with Crippen molar-refractivity contribution in [2.45, 2.75) is 24.7 Å². The lowest BCUT2D eigenvalue weighted by Crippen LogP contribution is -2.26. The van der Waals surface area contributed by atoms with Crippen molar-refractivity contribution in [2.75, 3.05) is 6.26 Å². The third kappa shape index (κ3) is 3.30. The fourth-order valence-electron chi connectivity index (χ4n) is 1.63. The highest BCUT2D eigenvalue weighted by Gasteiger charge is 2.28. The van der Waals surface area contributed by atoms with Crippen molar-refractivity contribution in [2.24, 2.45) is 0 Å². The van der Waals surface area contributed by atoms with Crippen molar-refractivity contribution >= 4 is 25.8 Å². The van der Waals surface area contributed by atoms with Gasteiger partial charge in [0.15, 0.2) is 9.84 Å². The Bertz CT molecular complexity index is 439. The Morgan fingerprint density at radius 2 is 1.81 bits per heavy atom. The largest absolute Gasteiger partial charge is 0.387 e. The van der Waals surface area contributed by atoms with E-state index in [0.29, 0.717) is 12.0 Å². The molecule has 3 nitrogen and oxygen atoms in total. The third-order valence-electron chi connectivity index (χ3n) is 2.52. The van der Waals surface area contributed by atoms with Crippen LogP contribution in [-0.4, -0.2) is 25.0 Å². The number of hydrogen-bond acceptors (Lipinski definition) is 3. The standard InChI is InChI=1S/C11H15BrO3S/c1-3-10(16(2,14)15)11(13)8-4-6-9(12)7-5-8/h4-7,10-11,13H,3H2,1-2H3/t10-,11-/m1/s1. The van der Waals surface area contributed by atoms with E-state index in [2.05, 4.69) is 15.9 Å². The highest BCUT2D eigenvalue weighted by Crippen LogP contribution is 2.25. The molecule has 0 spiro atoms. The topological polar surface area (TPSA) is 54.4 Å². The van der Waals surface area contributed by atoms with E-state index in [-0.39, 0.29) is 0 Å². The van der Waals surface area contributed by atoms with Gasteiger partial charge in [-0.25, -0.2) is 8.42 Å². The van der Waals surface area contributed by atoms with E-state index >= 15 is 0 Å². The van der Waals surface area contributed by atoms with Crippen LogP contribution in [0.15, 0.2) is 28.7 Å². The van der Waals surface area contributed by atoms with Crippen molar-refractivity contribution in [3.63, 3.8) is 0 Å². The van der Waals surface area contributed by atoms with E-state index in [1.165, 1.54) is 0 Å². The minimum atomic E-state index is -3.23. The molecule has 1 rings (SSSR count). The summed E-state index contributed by atoms with van der Waals surface area (Å²) in [6.07, 6.45) is 0.590. The van der Waals surface area contributed by atoms with Crippen LogP contribution >= 0.6 is 15.9 Å². The summed E-state index contributed by atoms with van der Waals surface area (Å²) in [5.74, 6) is 0. The van der Waals surface area contributed by atoms with E-state index in [1.807, 2.05) is 0 Å². The van der Waals surface area contributed by atoms with Gasteiger partial charge in [0.05, 0.1) is 11.4 Å². The molecule has 0 aliphatic carbocycles. The van der Waals surface area contributed by atoms with E-state index in [9.17, 15) is 13.5 Å². The fraction of sp³-hybridized carbons (Fsp3) is 0.455. The summed E-state index contributed by atoms with van der Waals surface area (Å²) in [4.78, 5) is 0. The Hall–Kier alpha value is -0.390. The molecule has 0 heterocycles. The van der Waals surface area contributed by atoms with E-state index < -0.39 is 21.2 Å². The lowest BCUT2D eigenvalue weighted by Gasteiger charge is -2.20. The van der Waals surface area contributed by atoms with Gasteiger partial charge >= 0.3 is 0 Å². The van der Waals surface area contributed by atoms with Gasteiger partial charge in [-0.2, -0.15) is 0 Å². The van der Waals surface area contributed by atoms with Gasteiger partial charge in [0.2, 0.25) is 0 Å². The minimum absolute atomic E-state index is 0.399. The SMILES string of the molecule is CC[C@H]([C@H](O)c1ccc(Br)cc1)S(C)(=O)=O. The zero-order chi connectivity index (χ0) is 12.3. The van der Waals surface area contributed by atoms with Crippen LogP contribution in [0.1, 0.15) is 25.0 Å². The zero-order valence-corrected chi connectivity index (χ0v) is 11.6. The molecule has 0 radical (unpaired) electrons. The molecule has 2 atom stereocenters. The average Bonchev–Trinajstić information content (AvgIpc) is 2.17. The summed E-state index contributed by atoms with van der Waals surface area (Å²) in [5.41, 5.74) is 0.625. The number of halogens is 1. The van der Waals surface area contributed by atoms with Crippen LogP contribution in [0.5, 0.6) is 0 Å². The molecule has 1 N–H and O–H groups in total. The summed E-state index contributed by atoms with van der Waals surface area (Å²) in [6, 6.07) is 7.02. The van der Waals surface area contributed by atoms with Crippen LogP contribution in [0, 0.1) is 0 Å². The number of aliphatic hydroxyl groups excluding tert-OH is 1. The second kappa shape index (κ2) is 5.29. The zero-order valence-electron chi connectivity index (χ0n) is 9.22. The predicted molar refractivity (Wildman–Crippen MR) is 68.0 cm³/mol. The maximum Gasteiger partial charge on any atom is 0.153 e. The van der Waals surface area contributed by atoms with Crippen molar-refractivity contribution in [3.8, 4) is 0 Å². The molecule has 0 aliphatic heterocycles. The second-order valence-electron chi connectivity index (χ2n) is 3.77. The van der Waals surface area contributed by atoms with Crippen LogP contribution in [0.25, 0.3) is 0 Å². The number of aliphatic hydroxyl groups is 1. The molecule has 90 valence electrons. The van der Waals surface area contributed by atoms with Gasteiger partial charge in [-0.15, -0.1) is 0 Å². The molecule has 0 saturated carbocycles. The molecular weight excluding hydrogens is 292 g/mol. The van der Waals surface area contributed by atoms with Gasteiger partial charge in [-0.1, -0.05) is 35.0 Å². The third-order valence-corrected chi connectivity index (χ3v) is 4.74. The van der Waals surface area contributed by atoms with Gasteiger partial charge in [0.1, 0.15) is 0 Å². The van der Waals surface area contributed by atoms with Crippen LogP contribution < -0.4 is 0 Å².